The molecule has 0 unspecified atom stereocenters. The normalized spacial score (nSPS) is 10.4. The lowest BCUT2D eigenvalue weighted by Crippen LogP contribution is -2.16. The maximum Gasteiger partial charge on any atom is 0.331 e. The SMILES string of the molecule is CCN(C=CC(=O)OC)c1ccccc1C. The molecule has 16 heavy (non-hydrogen) atoms. The number of anilines is 1. The molecular weight excluding hydrogens is 202 g/mol. The molecule has 0 bridgehead atoms. The third-order valence-corrected chi connectivity index (χ3v) is 2.36. The monoisotopic (exact) mass is 219 g/mol. The molecule has 3 nitrogen and oxygen atoms in total. The van der Waals surface area contributed by atoms with Gasteiger partial charge < -0.3 is 9.64 Å². The summed E-state index contributed by atoms with van der Waals surface area (Å²) in [5.41, 5.74) is 2.28. The van der Waals surface area contributed by atoms with Gasteiger partial charge >= 0.3 is 5.97 Å². The second-order valence-electron chi connectivity index (χ2n) is 3.41. The van der Waals surface area contributed by atoms with Crippen LogP contribution in [0.2, 0.25) is 0 Å². The van der Waals surface area contributed by atoms with Crippen LogP contribution in [0.4, 0.5) is 5.69 Å². The Morgan fingerprint density at radius 1 is 1.44 bits per heavy atom. The summed E-state index contributed by atoms with van der Waals surface area (Å²) < 4.78 is 4.56. The molecule has 0 saturated carbocycles. The number of rotatable bonds is 4. The predicted octanol–water partition coefficient (Wildman–Crippen LogP) is 2.51. The van der Waals surface area contributed by atoms with Gasteiger partial charge in [-0.05, 0) is 25.5 Å². The van der Waals surface area contributed by atoms with Crippen LogP contribution in [0.15, 0.2) is 36.5 Å². The summed E-state index contributed by atoms with van der Waals surface area (Å²) in [5.74, 6) is -0.341. The van der Waals surface area contributed by atoms with Gasteiger partial charge in [0.1, 0.15) is 0 Å². The van der Waals surface area contributed by atoms with Gasteiger partial charge in [-0.15, -0.1) is 0 Å². The molecule has 1 aromatic rings. The van der Waals surface area contributed by atoms with E-state index in [4.69, 9.17) is 0 Å². The number of para-hydroxylation sites is 1. The van der Waals surface area contributed by atoms with Gasteiger partial charge in [0.05, 0.1) is 7.11 Å². The van der Waals surface area contributed by atoms with Crippen molar-refractivity contribution in [1.82, 2.24) is 0 Å². The molecule has 0 fully saturated rings. The Hall–Kier alpha value is -1.77. The van der Waals surface area contributed by atoms with Gasteiger partial charge in [-0.3, -0.25) is 0 Å². The van der Waals surface area contributed by atoms with Crippen LogP contribution < -0.4 is 4.90 Å². The smallest absolute Gasteiger partial charge is 0.331 e. The number of hydrogen-bond donors (Lipinski definition) is 0. The molecule has 0 amide bonds. The first-order valence-electron chi connectivity index (χ1n) is 5.27. The summed E-state index contributed by atoms with van der Waals surface area (Å²) in [6.07, 6.45) is 3.17. The fraction of sp³-hybridized carbons (Fsp3) is 0.308. The first kappa shape index (κ1) is 12.3. The van der Waals surface area contributed by atoms with Gasteiger partial charge in [0.25, 0.3) is 0 Å². The molecule has 0 atom stereocenters. The first-order valence-corrected chi connectivity index (χ1v) is 5.27. The molecule has 0 heterocycles. The van der Waals surface area contributed by atoms with Crippen LogP contribution >= 0.6 is 0 Å². The quantitative estimate of drug-likeness (QED) is 0.575. The number of methoxy groups -OCH3 is 1. The lowest BCUT2D eigenvalue weighted by Gasteiger charge is -2.20. The number of ether oxygens (including phenoxy) is 1. The van der Waals surface area contributed by atoms with E-state index < -0.39 is 0 Å². The van der Waals surface area contributed by atoms with Gasteiger partial charge in [-0.2, -0.15) is 0 Å². The summed E-state index contributed by atoms with van der Waals surface area (Å²) in [7, 11) is 1.37. The maximum atomic E-state index is 11.0. The minimum atomic E-state index is -0.341. The van der Waals surface area contributed by atoms with Crippen molar-refractivity contribution in [2.24, 2.45) is 0 Å². The Balaban J connectivity index is 2.87. The molecular formula is C13H17NO2. The second kappa shape index (κ2) is 5.95. The van der Waals surface area contributed by atoms with Crippen LogP contribution in [0.3, 0.4) is 0 Å². The van der Waals surface area contributed by atoms with E-state index in [1.165, 1.54) is 18.7 Å². The average Bonchev–Trinajstić information content (AvgIpc) is 2.31. The van der Waals surface area contributed by atoms with E-state index in [2.05, 4.69) is 4.74 Å². The van der Waals surface area contributed by atoms with E-state index in [-0.39, 0.29) is 5.97 Å². The standard InChI is InChI=1S/C13H17NO2/c1-4-14(10-9-13(15)16-3)12-8-6-5-7-11(12)2/h5-10H,4H2,1-3H3. The van der Waals surface area contributed by atoms with Gasteiger partial charge in [0, 0.05) is 24.5 Å². The van der Waals surface area contributed by atoms with Crippen molar-refractivity contribution in [1.29, 1.82) is 0 Å². The number of esters is 1. The van der Waals surface area contributed by atoms with E-state index in [1.54, 1.807) is 6.20 Å². The topological polar surface area (TPSA) is 29.5 Å². The average molecular weight is 219 g/mol. The largest absolute Gasteiger partial charge is 0.466 e. The molecule has 0 aliphatic rings. The van der Waals surface area contributed by atoms with Crippen molar-refractivity contribution in [2.45, 2.75) is 13.8 Å². The molecule has 86 valence electrons. The third-order valence-electron chi connectivity index (χ3n) is 2.36. The fourth-order valence-electron chi connectivity index (χ4n) is 1.46. The minimum Gasteiger partial charge on any atom is -0.466 e. The predicted molar refractivity (Wildman–Crippen MR) is 65.4 cm³/mol. The second-order valence-corrected chi connectivity index (χ2v) is 3.41. The molecule has 0 aliphatic heterocycles. The van der Waals surface area contributed by atoms with Crippen molar-refractivity contribution in [3.05, 3.63) is 42.1 Å². The van der Waals surface area contributed by atoms with Crippen LogP contribution in [0.25, 0.3) is 0 Å². The molecule has 0 N–H and O–H groups in total. The Morgan fingerprint density at radius 2 is 2.12 bits per heavy atom. The number of benzene rings is 1. The van der Waals surface area contributed by atoms with Gasteiger partial charge in [-0.25, -0.2) is 4.79 Å². The highest BCUT2D eigenvalue weighted by Crippen LogP contribution is 2.19. The Labute approximate surface area is 96.3 Å². The molecule has 0 radical (unpaired) electrons. The van der Waals surface area contributed by atoms with Crippen LogP contribution in [0.1, 0.15) is 12.5 Å². The molecule has 0 aliphatic carbocycles. The van der Waals surface area contributed by atoms with E-state index in [1.807, 2.05) is 43.0 Å². The summed E-state index contributed by atoms with van der Waals surface area (Å²) in [4.78, 5) is 13.0. The highest BCUT2D eigenvalue weighted by molar-refractivity contribution is 5.82. The molecule has 3 heteroatoms. The van der Waals surface area contributed by atoms with E-state index in [0.29, 0.717) is 0 Å². The van der Waals surface area contributed by atoms with E-state index in [0.717, 1.165) is 12.2 Å². The summed E-state index contributed by atoms with van der Waals surface area (Å²) in [6, 6.07) is 8.05. The van der Waals surface area contributed by atoms with Crippen molar-refractivity contribution in [3.8, 4) is 0 Å². The number of aryl methyl sites for hydroxylation is 1. The minimum absolute atomic E-state index is 0.341. The van der Waals surface area contributed by atoms with Crippen LogP contribution in [-0.4, -0.2) is 19.6 Å². The van der Waals surface area contributed by atoms with E-state index in [9.17, 15) is 4.79 Å². The first-order chi connectivity index (χ1) is 7.69. The zero-order chi connectivity index (χ0) is 12.0. The summed E-state index contributed by atoms with van der Waals surface area (Å²) in [6.45, 7) is 4.89. The Bertz CT molecular complexity index is 385. The van der Waals surface area contributed by atoms with Crippen LogP contribution in [0, 0.1) is 6.92 Å². The zero-order valence-corrected chi connectivity index (χ0v) is 9.93. The lowest BCUT2D eigenvalue weighted by molar-refractivity contribution is -0.134. The van der Waals surface area contributed by atoms with Crippen molar-refractivity contribution < 1.29 is 9.53 Å². The number of nitrogens with zero attached hydrogens (tertiary/aromatic N) is 1. The number of carbonyl (C=O) groups is 1. The van der Waals surface area contributed by atoms with Crippen LogP contribution in [0.5, 0.6) is 0 Å². The number of hydrogen-bond acceptors (Lipinski definition) is 3. The van der Waals surface area contributed by atoms with Gasteiger partial charge in [0.15, 0.2) is 0 Å². The molecule has 0 spiro atoms. The molecule has 1 rings (SSSR count). The van der Waals surface area contributed by atoms with Crippen molar-refractivity contribution in [2.75, 3.05) is 18.6 Å². The molecule has 0 aromatic heterocycles. The fourth-order valence-corrected chi connectivity index (χ4v) is 1.46. The summed E-state index contributed by atoms with van der Waals surface area (Å²) >= 11 is 0. The van der Waals surface area contributed by atoms with Crippen molar-refractivity contribution in [3.63, 3.8) is 0 Å². The zero-order valence-electron chi connectivity index (χ0n) is 9.93. The molecule has 1 aromatic carbocycles. The van der Waals surface area contributed by atoms with E-state index >= 15 is 0 Å². The Kier molecular flexibility index (Phi) is 4.58. The van der Waals surface area contributed by atoms with Crippen LogP contribution in [-0.2, 0) is 9.53 Å². The maximum absolute atomic E-state index is 11.0. The highest BCUT2D eigenvalue weighted by atomic mass is 16.5. The summed E-state index contributed by atoms with van der Waals surface area (Å²) in [5, 5.41) is 0. The third kappa shape index (κ3) is 3.12. The van der Waals surface area contributed by atoms with Crippen molar-refractivity contribution >= 4 is 11.7 Å². The van der Waals surface area contributed by atoms with Gasteiger partial charge in [-0.1, -0.05) is 18.2 Å². The highest BCUT2D eigenvalue weighted by Gasteiger charge is 2.03. The lowest BCUT2D eigenvalue weighted by atomic mass is 10.2. The Morgan fingerprint density at radius 3 is 2.69 bits per heavy atom. The van der Waals surface area contributed by atoms with Gasteiger partial charge in [0.2, 0.25) is 0 Å². The molecule has 0 saturated heterocycles. The number of carbonyl (C=O) groups excluding carboxylic acids is 1.